The number of carbonyl (C=O) groups excluding carboxylic acids is 1. The van der Waals surface area contributed by atoms with Crippen molar-refractivity contribution in [3.8, 4) is 11.4 Å². The fraction of sp³-hybridized carbons (Fsp3) is 0.318. The highest BCUT2D eigenvalue weighted by Crippen LogP contribution is 2.25. The average molecular weight is 395 g/mol. The third-order valence-corrected chi connectivity index (χ3v) is 5.80. The summed E-state index contributed by atoms with van der Waals surface area (Å²) in [7, 11) is 1.93. The maximum absolute atomic E-state index is 12.5. The van der Waals surface area contributed by atoms with E-state index < -0.39 is 0 Å². The number of hydrogen-bond donors (Lipinski definition) is 1. The first-order valence-corrected chi connectivity index (χ1v) is 10.4. The van der Waals surface area contributed by atoms with Crippen molar-refractivity contribution in [2.45, 2.75) is 38.4 Å². The number of aromatic nitrogens is 3. The van der Waals surface area contributed by atoms with E-state index in [0.717, 1.165) is 34.1 Å². The van der Waals surface area contributed by atoms with Crippen molar-refractivity contribution in [1.29, 1.82) is 0 Å². The summed E-state index contributed by atoms with van der Waals surface area (Å²) in [6, 6.07) is 16.4. The molecule has 1 heterocycles. The van der Waals surface area contributed by atoms with Crippen LogP contribution in [0.4, 0.5) is 0 Å². The number of amides is 1. The van der Waals surface area contributed by atoms with Gasteiger partial charge in [0, 0.05) is 12.6 Å². The summed E-state index contributed by atoms with van der Waals surface area (Å²) in [6.45, 7) is 6.20. The fourth-order valence-electron chi connectivity index (χ4n) is 3.08. The van der Waals surface area contributed by atoms with Crippen LogP contribution in [-0.4, -0.2) is 26.4 Å². The molecule has 1 amide bonds. The minimum atomic E-state index is -0.00198. The Labute approximate surface area is 170 Å². The zero-order valence-electron chi connectivity index (χ0n) is 16.8. The van der Waals surface area contributed by atoms with Gasteiger partial charge in [-0.3, -0.25) is 4.79 Å². The molecule has 5 nitrogen and oxygen atoms in total. The van der Waals surface area contributed by atoms with E-state index in [4.69, 9.17) is 0 Å². The smallest absolute Gasteiger partial charge is 0.230 e. The minimum absolute atomic E-state index is 0.00198. The van der Waals surface area contributed by atoms with Gasteiger partial charge >= 0.3 is 0 Å². The number of rotatable bonds is 7. The summed E-state index contributed by atoms with van der Waals surface area (Å²) in [5.41, 5.74) is 4.55. The molecule has 0 aliphatic carbocycles. The first-order chi connectivity index (χ1) is 13.5. The summed E-state index contributed by atoms with van der Waals surface area (Å²) < 4.78 is 1.94. The van der Waals surface area contributed by atoms with Gasteiger partial charge in [-0.05, 0) is 31.4 Å². The summed E-state index contributed by atoms with van der Waals surface area (Å²) in [5.74, 6) is 1.12. The van der Waals surface area contributed by atoms with E-state index in [1.165, 1.54) is 17.3 Å². The van der Waals surface area contributed by atoms with Crippen LogP contribution in [0.5, 0.6) is 0 Å². The second-order valence-electron chi connectivity index (χ2n) is 6.91. The molecular weight excluding hydrogens is 368 g/mol. The summed E-state index contributed by atoms with van der Waals surface area (Å²) in [6.07, 6.45) is 0.848. The molecule has 3 rings (SSSR count). The summed E-state index contributed by atoms with van der Waals surface area (Å²) >= 11 is 1.40. The lowest BCUT2D eigenvalue weighted by Crippen LogP contribution is -2.29. The Morgan fingerprint density at radius 3 is 2.50 bits per heavy atom. The predicted octanol–water partition coefficient (Wildman–Crippen LogP) is 4.46. The van der Waals surface area contributed by atoms with Crippen molar-refractivity contribution in [2.24, 2.45) is 7.05 Å². The summed E-state index contributed by atoms with van der Waals surface area (Å²) in [5, 5.41) is 12.4. The highest BCUT2D eigenvalue weighted by atomic mass is 32.2. The van der Waals surface area contributed by atoms with E-state index in [9.17, 15) is 4.79 Å². The Morgan fingerprint density at radius 1 is 1.11 bits per heavy atom. The molecule has 146 valence electrons. The predicted molar refractivity (Wildman–Crippen MR) is 114 cm³/mol. The van der Waals surface area contributed by atoms with Gasteiger partial charge in [0.25, 0.3) is 0 Å². The van der Waals surface area contributed by atoms with Crippen molar-refractivity contribution in [3.05, 3.63) is 65.2 Å². The van der Waals surface area contributed by atoms with E-state index in [0.29, 0.717) is 5.75 Å². The van der Waals surface area contributed by atoms with Gasteiger partial charge in [-0.1, -0.05) is 72.8 Å². The van der Waals surface area contributed by atoms with Crippen molar-refractivity contribution in [3.63, 3.8) is 0 Å². The number of carbonyl (C=O) groups is 1. The molecule has 0 unspecified atom stereocenters. The molecule has 0 saturated carbocycles. The van der Waals surface area contributed by atoms with Gasteiger partial charge in [0.2, 0.25) is 5.91 Å². The molecule has 0 radical (unpaired) electrons. The fourth-order valence-corrected chi connectivity index (χ4v) is 3.81. The monoisotopic (exact) mass is 394 g/mol. The van der Waals surface area contributed by atoms with E-state index in [1.807, 2.05) is 29.8 Å². The third kappa shape index (κ3) is 4.62. The Bertz CT molecular complexity index is 949. The standard InChI is InChI=1S/C22H26N4OS/c1-5-19(17-12-10-15(2)11-13-17)23-20(27)14-28-22-25-24-21(26(22)4)18-9-7-6-8-16(18)3/h6-13,19H,5,14H2,1-4H3,(H,23,27)/t19-/m0/s1. The van der Waals surface area contributed by atoms with Crippen molar-refractivity contribution >= 4 is 17.7 Å². The first kappa shape index (κ1) is 20.1. The van der Waals surface area contributed by atoms with Crippen LogP contribution < -0.4 is 5.32 Å². The van der Waals surface area contributed by atoms with Gasteiger partial charge in [-0.2, -0.15) is 0 Å². The van der Waals surface area contributed by atoms with Gasteiger partial charge in [0.05, 0.1) is 11.8 Å². The molecule has 0 spiro atoms. The molecule has 0 fully saturated rings. The zero-order valence-corrected chi connectivity index (χ0v) is 17.6. The number of benzene rings is 2. The zero-order chi connectivity index (χ0) is 20.1. The third-order valence-electron chi connectivity index (χ3n) is 4.78. The van der Waals surface area contributed by atoms with Crippen molar-refractivity contribution in [2.75, 3.05) is 5.75 Å². The highest BCUT2D eigenvalue weighted by Gasteiger charge is 2.16. The van der Waals surface area contributed by atoms with Crippen LogP contribution in [0.25, 0.3) is 11.4 Å². The first-order valence-electron chi connectivity index (χ1n) is 9.43. The van der Waals surface area contributed by atoms with Crippen LogP contribution >= 0.6 is 11.8 Å². The van der Waals surface area contributed by atoms with E-state index in [-0.39, 0.29) is 11.9 Å². The SMILES string of the molecule is CC[C@H](NC(=O)CSc1nnc(-c2ccccc2C)n1C)c1ccc(C)cc1. The maximum atomic E-state index is 12.5. The normalized spacial score (nSPS) is 12.0. The van der Waals surface area contributed by atoms with Crippen molar-refractivity contribution < 1.29 is 4.79 Å². The lowest BCUT2D eigenvalue weighted by Gasteiger charge is -2.17. The van der Waals surface area contributed by atoms with Crippen LogP contribution in [0.3, 0.4) is 0 Å². The lowest BCUT2D eigenvalue weighted by atomic mass is 10.0. The Morgan fingerprint density at radius 2 is 1.82 bits per heavy atom. The largest absolute Gasteiger partial charge is 0.349 e. The van der Waals surface area contributed by atoms with Gasteiger partial charge < -0.3 is 9.88 Å². The van der Waals surface area contributed by atoms with Crippen molar-refractivity contribution in [1.82, 2.24) is 20.1 Å². The Kier molecular flexibility index (Phi) is 6.52. The molecule has 1 N–H and O–H groups in total. The van der Waals surface area contributed by atoms with Gasteiger partial charge in [0.1, 0.15) is 0 Å². The summed E-state index contributed by atoms with van der Waals surface area (Å²) in [4.78, 5) is 12.5. The molecule has 3 aromatic rings. The number of thioether (sulfide) groups is 1. The molecule has 28 heavy (non-hydrogen) atoms. The van der Waals surface area contributed by atoms with Crippen LogP contribution in [-0.2, 0) is 11.8 Å². The maximum Gasteiger partial charge on any atom is 0.230 e. The number of nitrogens with zero attached hydrogens (tertiary/aromatic N) is 3. The highest BCUT2D eigenvalue weighted by molar-refractivity contribution is 7.99. The molecule has 0 aliphatic heterocycles. The number of aryl methyl sites for hydroxylation is 2. The molecule has 6 heteroatoms. The Hall–Kier alpha value is -2.60. The van der Waals surface area contributed by atoms with Gasteiger partial charge in [-0.15, -0.1) is 10.2 Å². The van der Waals surface area contributed by atoms with E-state index in [2.05, 4.69) is 66.6 Å². The number of nitrogens with one attached hydrogen (secondary N) is 1. The van der Waals surface area contributed by atoms with Crippen LogP contribution in [0, 0.1) is 13.8 Å². The minimum Gasteiger partial charge on any atom is -0.349 e. The van der Waals surface area contributed by atoms with Crippen LogP contribution in [0.1, 0.15) is 36.1 Å². The topological polar surface area (TPSA) is 59.8 Å². The van der Waals surface area contributed by atoms with Gasteiger partial charge in [-0.25, -0.2) is 0 Å². The molecule has 0 aliphatic rings. The molecule has 0 saturated heterocycles. The van der Waals surface area contributed by atoms with Gasteiger partial charge in [0.15, 0.2) is 11.0 Å². The molecule has 1 atom stereocenters. The Balaban J connectivity index is 1.63. The van der Waals surface area contributed by atoms with E-state index >= 15 is 0 Å². The molecule has 0 bridgehead atoms. The lowest BCUT2D eigenvalue weighted by molar-refractivity contribution is -0.119. The number of hydrogen-bond acceptors (Lipinski definition) is 4. The van der Waals surface area contributed by atoms with Crippen LogP contribution in [0.15, 0.2) is 53.7 Å². The quantitative estimate of drug-likeness (QED) is 0.601. The average Bonchev–Trinajstić information content (AvgIpc) is 3.06. The molecule has 1 aromatic heterocycles. The molecule has 2 aromatic carbocycles. The van der Waals surface area contributed by atoms with E-state index in [1.54, 1.807) is 0 Å². The second-order valence-corrected chi connectivity index (χ2v) is 7.85. The van der Waals surface area contributed by atoms with Crippen LogP contribution in [0.2, 0.25) is 0 Å². The second kappa shape index (κ2) is 9.06. The molecular formula is C22H26N4OS.